The van der Waals surface area contributed by atoms with Crippen molar-refractivity contribution in [2.24, 2.45) is 7.05 Å². The van der Waals surface area contributed by atoms with Crippen molar-refractivity contribution in [3.05, 3.63) is 41.6 Å². The Labute approximate surface area is 115 Å². The van der Waals surface area contributed by atoms with E-state index < -0.39 is 0 Å². The Bertz CT molecular complexity index is 586. The predicted molar refractivity (Wildman–Crippen MR) is 81.1 cm³/mol. The monoisotopic (exact) mass is 256 g/mol. The highest BCUT2D eigenvalue weighted by molar-refractivity contribution is 5.78. The lowest BCUT2D eigenvalue weighted by atomic mass is 10.0. The van der Waals surface area contributed by atoms with Gasteiger partial charge in [-0.25, -0.2) is 4.57 Å². The van der Waals surface area contributed by atoms with Crippen LogP contribution in [-0.2, 0) is 13.5 Å². The summed E-state index contributed by atoms with van der Waals surface area (Å²) < 4.78 is 2.07. The van der Waals surface area contributed by atoms with Gasteiger partial charge in [-0.3, -0.25) is 5.32 Å². The molecule has 2 rings (SSSR count). The molecule has 3 nitrogen and oxygen atoms in total. The van der Waals surface area contributed by atoms with Crippen molar-refractivity contribution in [3.8, 4) is 11.1 Å². The van der Waals surface area contributed by atoms with Crippen molar-refractivity contribution >= 4 is 11.5 Å². The molecule has 0 bridgehead atoms. The summed E-state index contributed by atoms with van der Waals surface area (Å²) in [6.07, 6.45) is 1.06. The van der Waals surface area contributed by atoms with Gasteiger partial charge in [0.1, 0.15) is 5.69 Å². The minimum absolute atomic E-state index is 0.839. The standard InChI is InChI=1S/C16H21N3/c1-5-12-6-8-13(9-7-12)14-10-15(18-3)19(4)11(2)16(14)17/h6-10H,5,17H2,1-4H3/p+1. The lowest BCUT2D eigenvalue weighted by molar-refractivity contribution is -0.662. The number of hydrogen-bond acceptors (Lipinski definition) is 2. The third kappa shape index (κ3) is 2.41. The van der Waals surface area contributed by atoms with E-state index in [0.717, 1.165) is 34.7 Å². The van der Waals surface area contributed by atoms with Crippen LogP contribution < -0.4 is 15.6 Å². The van der Waals surface area contributed by atoms with Crippen molar-refractivity contribution in [1.82, 2.24) is 0 Å². The third-order valence-electron chi connectivity index (χ3n) is 3.75. The molecule has 0 radical (unpaired) electrons. The van der Waals surface area contributed by atoms with Crippen molar-refractivity contribution in [1.29, 1.82) is 0 Å². The summed E-state index contributed by atoms with van der Waals surface area (Å²) >= 11 is 0. The quantitative estimate of drug-likeness (QED) is 0.829. The van der Waals surface area contributed by atoms with Crippen LogP contribution in [0.5, 0.6) is 0 Å². The number of anilines is 2. The van der Waals surface area contributed by atoms with Crippen molar-refractivity contribution in [2.75, 3.05) is 18.1 Å². The lowest BCUT2D eigenvalue weighted by Gasteiger charge is -2.12. The SMILES string of the molecule is CCc1ccc(-c2cc(NC)[n+](C)c(C)c2N)cc1. The van der Waals surface area contributed by atoms with Crippen molar-refractivity contribution in [2.45, 2.75) is 20.3 Å². The zero-order valence-electron chi connectivity index (χ0n) is 12.1. The first kappa shape index (κ1) is 13.4. The minimum atomic E-state index is 0.839. The normalized spacial score (nSPS) is 10.5. The average Bonchev–Trinajstić information content (AvgIpc) is 2.45. The lowest BCUT2D eigenvalue weighted by Crippen LogP contribution is -2.36. The Kier molecular flexibility index (Phi) is 3.74. The maximum absolute atomic E-state index is 6.26. The van der Waals surface area contributed by atoms with E-state index in [4.69, 9.17) is 5.73 Å². The molecule has 0 unspecified atom stereocenters. The van der Waals surface area contributed by atoms with E-state index in [1.165, 1.54) is 5.56 Å². The Morgan fingerprint density at radius 3 is 2.37 bits per heavy atom. The first-order valence-electron chi connectivity index (χ1n) is 6.64. The largest absolute Gasteiger partial charge is 0.395 e. The molecule has 19 heavy (non-hydrogen) atoms. The van der Waals surface area contributed by atoms with Crippen LogP contribution in [0.4, 0.5) is 11.5 Å². The second-order valence-corrected chi connectivity index (χ2v) is 4.80. The third-order valence-corrected chi connectivity index (χ3v) is 3.75. The predicted octanol–water partition coefficient (Wildman–Crippen LogP) is 2.67. The molecule has 0 spiro atoms. The van der Waals surface area contributed by atoms with Crippen LogP contribution in [0.25, 0.3) is 11.1 Å². The number of benzene rings is 1. The fourth-order valence-corrected chi connectivity index (χ4v) is 2.27. The molecule has 1 aromatic carbocycles. The summed E-state index contributed by atoms with van der Waals surface area (Å²) in [6.45, 7) is 4.20. The molecular weight excluding hydrogens is 234 g/mol. The van der Waals surface area contributed by atoms with Crippen LogP contribution in [-0.4, -0.2) is 7.05 Å². The van der Waals surface area contributed by atoms with Crippen LogP contribution in [0.3, 0.4) is 0 Å². The van der Waals surface area contributed by atoms with Gasteiger partial charge in [0.2, 0.25) is 0 Å². The molecular formula is C16H22N3+. The van der Waals surface area contributed by atoms with Gasteiger partial charge in [0, 0.05) is 11.6 Å². The van der Waals surface area contributed by atoms with Gasteiger partial charge in [-0.2, -0.15) is 0 Å². The van der Waals surface area contributed by atoms with Crippen LogP contribution in [0.1, 0.15) is 18.2 Å². The topological polar surface area (TPSA) is 41.9 Å². The van der Waals surface area contributed by atoms with E-state index in [-0.39, 0.29) is 0 Å². The number of aromatic nitrogens is 1. The summed E-state index contributed by atoms with van der Waals surface area (Å²) in [5, 5.41) is 3.20. The second kappa shape index (κ2) is 5.31. The minimum Gasteiger partial charge on any atom is -0.395 e. The Hall–Kier alpha value is -2.03. The molecule has 2 aromatic rings. The highest BCUT2D eigenvalue weighted by atomic mass is 15.1. The van der Waals surface area contributed by atoms with E-state index in [1.807, 2.05) is 21.0 Å². The van der Waals surface area contributed by atoms with Crippen LogP contribution in [0, 0.1) is 6.92 Å². The van der Waals surface area contributed by atoms with Gasteiger partial charge in [-0.15, -0.1) is 0 Å². The van der Waals surface area contributed by atoms with Gasteiger partial charge < -0.3 is 5.73 Å². The van der Waals surface area contributed by atoms with E-state index in [0.29, 0.717) is 0 Å². The van der Waals surface area contributed by atoms with Gasteiger partial charge >= 0.3 is 0 Å². The Balaban J connectivity index is 2.57. The summed E-state index contributed by atoms with van der Waals surface area (Å²) in [6, 6.07) is 10.7. The Morgan fingerprint density at radius 2 is 1.84 bits per heavy atom. The number of nitrogens with zero attached hydrogens (tertiary/aromatic N) is 1. The van der Waals surface area contributed by atoms with Crippen LogP contribution >= 0.6 is 0 Å². The molecule has 3 heteroatoms. The number of aryl methyl sites for hydroxylation is 1. The average molecular weight is 256 g/mol. The highest BCUT2D eigenvalue weighted by Crippen LogP contribution is 2.29. The summed E-state index contributed by atoms with van der Waals surface area (Å²) in [7, 11) is 3.94. The number of nitrogen functional groups attached to an aromatic ring is 1. The molecule has 1 aromatic heterocycles. The number of rotatable bonds is 3. The number of hydrogen-bond donors (Lipinski definition) is 2. The van der Waals surface area contributed by atoms with E-state index in [1.54, 1.807) is 0 Å². The van der Waals surface area contributed by atoms with Crippen molar-refractivity contribution < 1.29 is 4.57 Å². The molecule has 0 aliphatic carbocycles. The van der Waals surface area contributed by atoms with Crippen LogP contribution in [0.15, 0.2) is 30.3 Å². The van der Waals surface area contributed by atoms with Gasteiger partial charge in [-0.05, 0) is 24.5 Å². The maximum Gasteiger partial charge on any atom is 0.274 e. The molecule has 0 fully saturated rings. The fraction of sp³-hybridized carbons (Fsp3) is 0.312. The first-order chi connectivity index (χ1) is 9.08. The summed E-state index contributed by atoms with van der Waals surface area (Å²) in [5.74, 6) is 1.06. The van der Waals surface area contributed by atoms with E-state index in [9.17, 15) is 0 Å². The molecule has 3 N–H and O–H groups in total. The number of nitrogens with two attached hydrogens (primary N) is 1. The Morgan fingerprint density at radius 1 is 1.21 bits per heavy atom. The van der Waals surface area contributed by atoms with E-state index >= 15 is 0 Å². The maximum atomic E-state index is 6.26. The number of nitrogens with one attached hydrogen (secondary N) is 1. The van der Waals surface area contributed by atoms with Crippen LogP contribution in [0.2, 0.25) is 0 Å². The second-order valence-electron chi connectivity index (χ2n) is 4.80. The van der Waals surface area contributed by atoms with Gasteiger partial charge in [0.25, 0.3) is 5.82 Å². The summed E-state index contributed by atoms with van der Waals surface area (Å²) in [5.41, 5.74) is 11.8. The zero-order valence-corrected chi connectivity index (χ0v) is 12.1. The highest BCUT2D eigenvalue weighted by Gasteiger charge is 2.15. The smallest absolute Gasteiger partial charge is 0.274 e. The summed E-state index contributed by atoms with van der Waals surface area (Å²) in [4.78, 5) is 0. The number of pyridine rings is 1. The van der Waals surface area contributed by atoms with Gasteiger partial charge in [-0.1, -0.05) is 31.2 Å². The molecule has 0 saturated heterocycles. The molecule has 0 atom stereocenters. The van der Waals surface area contributed by atoms with Gasteiger partial charge in [0.05, 0.1) is 19.8 Å². The fourth-order valence-electron chi connectivity index (χ4n) is 2.27. The zero-order chi connectivity index (χ0) is 14.0. The van der Waals surface area contributed by atoms with Crippen molar-refractivity contribution in [3.63, 3.8) is 0 Å². The molecule has 0 saturated carbocycles. The first-order valence-corrected chi connectivity index (χ1v) is 6.64. The molecule has 1 heterocycles. The van der Waals surface area contributed by atoms with Gasteiger partial charge in [0.15, 0.2) is 0 Å². The molecule has 100 valence electrons. The molecule has 0 aliphatic rings. The van der Waals surface area contributed by atoms with E-state index in [2.05, 4.69) is 47.1 Å². The molecule has 0 aliphatic heterocycles. The molecule has 0 amide bonds.